The van der Waals surface area contributed by atoms with Crippen molar-refractivity contribution in [3.63, 3.8) is 0 Å². The molecule has 1 heterocycles. The molecule has 0 amide bonds. The fourth-order valence-corrected chi connectivity index (χ4v) is 3.51. The molecule has 0 radical (unpaired) electrons. The number of esters is 1. The van der Waals surface area contributed by atoms with Gasteiger partial charge < -0.3 is 23.5 Å². The Morgan fingerprint density at radius 2 is 1.71 bits per heavy atom. The summed E-state index contributed by atoms with van der Waals surface area (Å²) in [6, 6.07) is 9.87. The first-order valence-corrected chi connectivity index (χ1v) is 9.87. The lowest BCUT2D eigenvalue weighted by Gasteiger charge is -2.15. The van der Waals surface area contributed by atoms with Crippen LogP contribution in [0, 0.1) is 0 Å². The minimum Gasteiger partial charge on any atom is -0.493 e. The lowest BCUT2D eigenvalue weighted by atomic mass is 9.97. The standard InChI is InChI=1S/C25H27NO5/c1-7-31-24(27)11-9-18-15-26(3)21-10-8-17(12-20(18)21)16(2)19-13-22(28-4)25(30-6)23(14-19)29-5/h8-15H,2,7H2,1,3-6H3/b11-9+. The normalized spacial score (nSPS) is 11.0. The van der Waals surface area contributed by atoms with Gasteiger partial charge in [-0.05, 0) is 54.0 Å². The summed E-state index contributed by atoms with van der Waals surface area (Å²) in [5.74, 6) is 1.30. The van der Waals surface area contributed by atoms with Gasteiger partial charge in [-0.15, -0.1) is 0 Å². The number of methoxy groups -OCH3 is 3. The van der Waals surface area contributed by atoms with Gasteiger partial charge >= 0.3 is 5.97 Å². The summed E-state index contributed by atoms with van der Waals surface area (Å²) in [4.78, 5) is 11.7. The Balaban J connectivity index is 2.04. The third kappa shape index (κ3) is 4.43. The van der Waals surface area contributed by atoms with Crippen molar-refractivity contribution in [2.24, 2.45) is 7.05 Å². The number of hydrogen-bond acceptors (Lipinski definition) is 5. The number of fused-ring (bicyclic) bond motifs is 1. The number of hydrogen-bond donors (Lipinski definition) is 0. The van der Waals surface area contributed by atoms with Crippen molar-refractivity contribution in [3.05, 3.63) is 65.9 Å². The van der Waals surface area contributed by atoms with Crippen molar-refractivity contribution >= 4 is 28.5 Å². The van der Waals surface area contributed by atoms with Crippen molar-refractivity contribution in [3.8, 4) is 17.2 Å². The summed E-state index contributed by atoms with van der Waals surface area (Å²) < 4.78 is 23.4. The molecule has 0 saturated carbocycles. The molecule has 0 atom stereocenters. The average molecular weight is 421 g/mol. The third-order valence-electron chi connectivity index (χ3n) is 5.07. The summed E-state index contributed by atoms with van der Waals surface area (Å²) in [6.07, 6.45) is 5.19. The zero-order valence-corrected chi connectivity index (χ0v) is 18.5. The van der Waals surface area contributed by atoms with Crippen LogP contribution in [0.2, 0.25) is 0 Å². The maximum atomic E-state index is 11.7. The number of benzene rings is 2. The topological polar surface area (TPSA) is 58.9 Å². The smallest absolute Gasteiger partial charge is 0.330 e. The number of carbonyl (C=O) groups excluding carboxylic acids is 1. The van der Waals surface area contributed by atoms with E-state index in [4.69, 9.17) is 18.9 Å². The van der Waals surface area contributed by atoms with Gasteiger partial charge in [-0.25, -0.2) is 4.79 Å². The molecular formula is C25H27NO5. The summed E-state index contributed by atoms with van der Waals surface area (Å²) in [5.41, 5.74) is 4.58. The minimum atomic E-state index is -0.363. The lowest BCUT2D eigenvalue weighted by molar-refractivity contribution is -0.137. The van der Waals surface area contributed by atoms with Crippen LogP contribution in [0.4, 0.5) is 0 Å². The van der Waals surface area contributed by atoms with Gasteiger partial charge in [0.25, 0.3) is 0 Å². The average Bonchev–Trinajstić information content (AvgIpc) is 3.11. The summed E-state index contributed by atoms with van der Waals surface area (Å²) in [5, 5.41) is 1.01. The van der Waals surface area contributed by atoms with Crippen molar-refractivity contribution < 1.29 is 23.7 Å². The van der Waals surface area contributed by atoms with E-state index in [1.165, 1.54) is 6.08 Å². The maximum Gasteiger partial charge on any atom is 0.330 e. The van der Waals surface area contributed by atoms with Crippen molar-refractivity contribution in [1.29, 1.82) is 0 Å². The molecule has 6 heteroatoms. The van der Waals surface area contributed by atoms with Crippen molar-refractivity contribution in [2.45, 2.75) is 6.92 Å². The molecule has 0 aliphatic rings. The molecule has 0 bridgehead atoms. The SMILES string of the molecule is C=C(c1cc(OC)c(OC)c(OC)c1)c1ccc2c(c1)c(/C=C/C(=O)OCC)cn2C. The summed E-state index contributed by atoms with van der Waals surface area (Å²) in [6.45, 7) is 6.42. The Hall–Kier alpha value is -3.67. The van der Waals surface area contributed by atoms with Gasteiger partial charge in [0.05, 0.1) is 27.9 Å². The Morgan fingerprint density at radius 3 is 2.29 bits per heavy atom. The van der Waals surface area contributed by atoms with Gasteiger partial charge in [0.1, 0.15) is 0 Å². The van der Waals surface area contributed by atoms with E-state index in [-0.39, 0.29) is 5.97 Å². The second-order valence-corrected chi connectivity index (χ2v) is 6.91. The quantitative estimate of drug-likeness (QED) is 0.385. The number of ether oxygens (including phenoxy) is 4. The first-order valence-electron chi connectivity index (χ1n) is 9.87. The highest BCUT2D eigenvalue weighted by molar-refractivity contribution is 5.96. The first kappa shape index (κ1) is 22.0. The first-order chi connectivity index (χ1) is 14.9. The van der Waals surface area contributed by atoms with Crippen LogP contribution in [-0.4, -0.2) is 38.5 Å². The van der Waals surface area contributed by atoms with E-state index in [0.717, 1.165) is 33.2 Å². The van der Waals surface area contributed by atoms with Gasteiger partial charge in [0.15, 0.2) is 11.5 Å². The Morgan fingerprint density at radius 1 is 1.03 bits per heavy atom. The van der Waals surface area contributed by atoms with E-state index in [1.54, 1.807) is 34.3 Å². The van der Waals surface area contributed by atoms with Gasteiger partial charge in [0.2, 0.25) is 5.75 Å². The van der Waals surface area contributed by atoms with Gasteiger partial charge in [-0.2, -0.15) is 0 Å². The molecule has 3 rings (SSSR count). The highest BCUT2D eigenvalue weighted by Crippen LogP contribution is 2.41. The minimum absolute atomic E-state index is 0.345. The fraction of sp³-hybridized carbons (Fsp3) is 0.240. The highest BCUT2D eigenvalue weighted by atomic mass is 16.5. The molecule has 162 valence electrons. The van der Waals surface area contributed by atoms with Crippen LogP contribution < -0.4 is 14.2 Å². The molecule has 3 aromatic rings. The van der Waals surface area contributed by atoms with Crippen LogP contribution in [0.5, 0.6) is 17.2 Å². The Labute approximate surface area is 182 Å². The molecule has 31 heavy (non-hydrogen) atoms. The summed E-state index contributed by atoms with van der Waals surface area (Å²) >= 11 is 0. The van der Waals surface area contributed by atoms with E-state index in [0.29, 0.717) is 23.9 Å². The zero-order chi connectivity index (χ0) is 22.5. The Bertz CT molecular complexity index is 1130. The largest absolute Gasteiger partial charge is 0.493 e. The number of nitrogens with zero attached hydrogens (tertiary/aromatic N) is 1. The van der Waals surface area contributed by atoms with E-state index in [1.807, 2.05) is 42.1 Å². The summed E-state index contributed by atoms with van der Waals surface area (Å²) in [7, 11) is 6.71. The van der Waals surface area contributed by atoms with Crippen LogP contribution in [-0.2, 0) is 16.6 Å². The van der Waals surface area contributed by atoms with Crippen LogP contribution in [0.15, 0.2) is 49.2 Å². The van der Waals surface area contributed by atoms with Crippen LogP contribution in [0.25, 0.3) is 22.6 Å². The van der Waals surface area contributed by atoms with E-state index >= 15 is 0 Å². The van der Waals surface area contributed by atoms with Crippen molar-refractivity contribution in [1.82, 2.24) is 4.57 Å². The number of aromatic nitrogens is 1. The second kappa shape index (κ2) is 9.43. The van der Waals surface area contributed by atoms with Crippen LogP contribution in [0.3, 0.4) is 0 Å². The predicted molar refractivity (Wildman–Crippen MR) is 123 cm³/mol. The molecule has 0 spiro atoms. The molecule has 0 saturated heterocycles. The molecule has 6 nitrogen and oxygen atoms in total. The molecule has 0 aliphatic carbocycles. The second-order valence-electron chi connectivity index (χ2n) is 6.91. The number of carbonyl (C=O) groups is 1. The fourth-order valence-electron chi connectivity index (χ4n) is 3.51. The molecule has 0 unspecified atom stereocenters. The predicted octanol–water partition coefficient (Wildman–Crippen LogP) is 4.84. The van der Waals surface area contributed by atoms with Gasteiger partial charge in [-0.1, -0.05) is 12.6 Å². The zero-order valence-electron chi connectivity index (χ0n) is 18.5. The lowest BCUT2D eigenvalue weighted by Crippen LogP contribution is -1.98. The molecule has 0 aliphatic heterocycles. The molecule has 2 aromatic carbocycles. The van der Waals surface area contributed by atoms with Crippen LogP contribution in [0.1, 0.15) is 23.6 Å². The van der Waals surface area contributed by atoms with Gasteiger partial charge in [-0.3, -0.25) is 0 Å². The highest BCUT2D eigenvalue weighted by Gasteiger charge is 2.16. The Kier molecular flexibility index (Phi) is 6.70. The van der Waals surface area contributed by atoms with E-state index in [9.17, 15) is 4.79 Å². The van der Waals surface area contributed by atoms with Crippen molar-refractivity contribution in [2.75, 3.05) is 27.9 Å². The molecule has 0 N–H and O–H groups in total. The van der Waals surface area contributed by atoms with E-state index < -0.39 is 0 Å². The van der Waals surface area contributed by atoms with E-state index in [2.05, 4.69) is 12.6 Å². The van der Waals surface area contributed by atoms with Gasteiger partial charge in [0, 0.05) is 35.8 Å². The maximum absolute atomic E-state index is 11.7. The number of rotatable bonds is 8. The number of aryl methyl sites for hydroxylation is 1. The molecule has 0 fully saturated rings. The third-order valence-corrected chi connectivity index (χ3v) is 5.07. The molecule has 1 aromatic heterocycles. The van der Waals surface area contributed by atoms with Crippen LogP contribution >= 0.6 is 0 Å². The monoisotopic (exact) mass is 421 g/mol. The molecular weight excluding hydrogens is 394 g/mol.